The highest BCUT2D eigenvalue weighted by atomic mass is 32.2. The molecule has 0 saturated carbocycles. The number of benzene rings is 1. The van der Waals surface area contributed by atoms with Crippen LogP contribution in [0.2, 0.25) is 0 Å². The van der Waals surface area contributed by atoms with E-state index < -0.39 is 0 Å². The Morgan fingerprint density at radius 2 is 2.29 bits per heavy atom. The highest BCUT2D eigenvalue weighted by molar-refractivity contribution is 8.00. The number of anilines is 1. The first kappa shape index (κ1) is 13.8. The maximum Gasteiger partial charge on any atom is 0.235 e. The third kappa shape index (κ3) is 2.44. The molecule has 0 radical (unpaired) electrons. The zero-order valence-corrected chi connectivity index (χ0v) is 12.5. The molecule has 7 heteroatoms. The van der Waals surface area contributed by atoms with Crippen LogP contribution < -0.4 is 10.1 Å². The van der Waals surface area contributed by atoms with Crippen molar-refractivity contribution in [2.75, 3.05) is 18.2 Å². The number of phenols is 1. The molecule has 0 fully saturated rings. The number of aromatic nitrogens is 2. The number of nitrogens with one attached hydrogen (secondary N) is 2. The van der Waals surface area contributed by atoms with Crippen molar-refractivity contribution in [2.24, 2.45) is 0 Å². The Kier molecular flexibility index (Phi) is 3.50. The van der Waals surface area contributed by atoms with E-state index in [2.05, 4.69) is 15.5 Å². The monoisotopic (exact) mass is 305 g/mol. The lowest BCUT2D eigenvalue weighted by Gasteiger charge is -2.16. The molecular weight excluding hydrogens is 290 g/mol. The van der Waals surface area contributed by atoms with Gasteiger partial charge >= 0.3 is 0 Å². The molecule has 2 heterocycles. The quantitative estimate of drug-likeness (QED) is 0.792. The molecule has 1 aromatic carbocycles. The predicted octanol–water partition coefficient (Wildman–Crippen LogP) is 2.21. The zero-order chi connectivity index (χ0) is 15.0. The van der Waals surface area contributed by atoms with Crippen molar-refractivity contribution in [2.45, 2.75) is 12.2 Å². The summed E-state index contributed by atoms with van der Waals surface area (Å²) >= 11 is 1.50. The number of hydrogen-bond donors (Lipinski definition) is 3. The highest BCUT2D eigenvalue weighted by Crippen LogP contribution is 2.43. The Hall–Kier alpha value is -2.15. The lowest BCUT2D eigenvalue weighted by atomic mass is 10.0. The number of aromatic amines is 1. The molecule has 2 aromatic rings. The number of aromatic hydroxyl groups is 1. The van der Waals surface area contributed by atoms with Gasteiger partial charge in [0.2, 0.25) is 5.91 Å². The molecule has 3 N–H and O–H groups in total. The van der Waals surface area contributed by atoms with Gasteiger partial charge in [-0.1, -0.05) is 6.07 Å². The van der Waals surface area contributed by atoms with E-state index in [4.69, 9.17) is 4.74 Å². The maximum atomic E-state index is 11.7. The van der Waals surface area contributed by atoms with Gasteiger partial charge in [0.25, 0.3) is 0 Å². The van der Waals surface area contributed by atoms with Crippen molar-refractivity contribution in [3.8, 4) is 11.5 Å². The maximum absolute atomic E-state index is 11.7. The van der Waals surface area contributed by atoms with Gasteiger partial charge in [0.15, 0.2) is 17.3 Å². The Labute approximate surface area is 125 Å². The molecule has 1 aromatic heterocycles. The molecule has 21 heavy (non-hydrogen) atoms. The van der Waals surface area contributed by atoms with E-state index in [1.807, 2.05) is 13.0 Å². The van der Waals surface area contributed by atoms with Gasteiger partial charge in [0.05, 0.1) is 18.1 Å². The zero-order valence-electron chi connectivity index (χ0n) is 11.6. The minimum atomic E-state index is -0.0759. The number of fused-ring (bicyclic) bond motifs is 1. The number of carbonyl (C=O) groups excluding carboxylic acids is 1. The second-order valence-corrected chi connectivity index (χ2v) is 5.87. The second-order valence-electron chi connectivity index (χ2n) is 4.78. The van der Waals surface area contributed by atoms with Crippen molar-refractivity contribution in [1.82, 2.24) is 10.2 Å². The summed E-state index contributed by atoms with van der Waals surface area (Å²) in [7, 11) is 1.51. The van der Waals surface area contributed by atoms with Crippen molar-refractivity contribution < 1.29 is 14.6 Å². The molecule has 0 aliphatic carbocycles. The fourth-order valence-corrected chi connectivity index (χ4v) is 3.58. The normalized spacial score (nSPS) is 17.8. The van der Waals surface area contributed by atoms with Crippen LogP contribution in [-0.2, 0) is 4.79 Å². The first-order valence-electron chi connectivity index (χ1n) is 6.43. The fourth-order valence-electron chi connectivity index (χ4n) is 2.40. The van der Waals surface area contributed by atoms with Crippen LogP contribution in [0.4, 0.5) is 5.82 Å². The summed E-state index contributed by atoms with van der Waals surface area (Å²) in [6.45, 7) is 1.92. The van der Waals surface area contributed by atoms with Gasteiger partial charge in [-0.25, -0.2) is 0 Å². The van der Waals surface area contributed by atoms with Crippen LogP contribution in [0, 0.1) is 6.92 Å². The Morgan fingerprint density at radius 1 is 1.48 bits per heavy atom. The van der Waals surface area contributed by atoms with Crippen LogP contribution in [0.25, 0.3) is 0 Å². The average molecular weight is 305 g/mol. The number of thioether (sulfide) groups is 1. The summed E-state index contributed by atoms with van der Waals surface area (Å²) in [6.07, 6.45) is 0. The van der Waals surface area contributed by atoms with Gasteiger partial charge in [-0.2, -0.15) is 5.10 Å². The summed E-state index contributed by atoms with van der Waals surface area (Å²) in [6, 6.07) is 5.28. The number of methoxy groups -OCH3 is 1. The van der Waals surface area contributed by atoms with Crippen LogP contribution in [0.5, 0.6) is 11.5 Å². The minimum Gasteiger partial charge on any atom is -0.504 e. The van der Waals surface area contributed by atoms with E-state index in [1.54, 1.807) is 12.1 Å². The summed E-state index contributed by atoms with van der Waals surface area (Å²) in [5, 5.41) is 19.7. The van der Waals surface area contributed by atoms with Gasteiger partial charge in [0, 0.05) is 11.3 Å². The van der Waals surface area contributed by atoms with Crippen molar-refractivity contribution in [3.05, 3.63) is 35.0 Å². The predicted molar refractivity (Wildman–Crippen MR) is 80.9 cm³/mol. The average Bonchev–Trinajstić information content (AvgIpc) is 2.72. The van der Waals surface area contributed by atoms with E-state index >= 15 is 0 Å². The largest absolute Gasteiger partial charge is 0.504 e. The number of rotatable bonds is 2. The first-order chi connectivity index (χ1) is 10.1. The summed E-state index contributed by atoms with van der Waals surface area (Å²) in [5.74, 6) is 1.33. The molecule has 3 rings (SSSR count). The Morgan fingerprint density at radius 3 is 3.00 bits per heavy atom. The van der Waals surface area contributed by atoms with E-state index in [-0.39, 0.29) is 16.9 Å². The summed E-state index contributed by atoms with van der Waals surface area (Å²) in [5.41, 5.74) is 2.75. The van der Waals surface area contributed by atoms with Crippen molar-refractivity contribution in [3.63, 3.8) is 0 Å². The van der Waals surface area contributed by atoms with Gasteiger partial charge in [-0.15, -0.1) is 11.8 Å². The van der Waals surface area contributed by atoms with Crippen molar-refractivity contribution in [1.29, 1.82) is 0 Å². The first-order valence-corrected chi connectivity index (χ1v) is 7.48. The van der Waals surface area contributed by atoms with Gasteiger partial charge in [-0.05, 0) is 24.6 Å². The number of aryl methyl sites for hydroxylation is 1. The van der Waals surface area contributed by atoms with Crippen LogP contribution in [0.15, 0.2) is 18.2 Å². The molecule has 6 nitrogen and oxygen atoms in total. The van der Waals surface area contributed by atoms with Crippen LogP contribution in [0.1, 0.15) is 22.1 Å². The lowest BCUT2D eigenvalue weighted by Crippen LogP contribution is -2.12. The van der Waals surface area contributed by atoms with E-state index in [0.29, 0.717) is 17.3 Å². The van der Waals surface area contributed by atoms with Crippen LogP contribution >= 0.6 is 11.8 Å². The summed E-state index contributed by atoms with van der Waals surface area (Å²) in [4.78, 5) is 11.7. The number of hydrogen-bond acceptors (Lipinski definition) is 5. The van der Waals surface area contributed by atoms with Crippen molar-refractivity contribution >= 4 is 23.5 Å². The molecule has 1 atom stereocenters. The molecule has 1 amide bonds. The molecule has 1 aliphatic rings. The highest BCUT2D eigenvalue weighted by Gasteiger charge is 2.28. The number of nitrogens with zero attached hydrogens (tertiary/aromatic N) is 1. The minimum absolute atomic E-state index is 0.0745. The molecule has 0 saturated heterocycles. The van der Waals surface area contributed by atoms with Crippen LogP contribution in [0.3, 0.4) is 0 Å². The SMILES string of the molecule is COc1ccc([C@H]2SCC(=O)Nc3n[nH]c(C)c32)cc1O. The fraction of sp³-hybridized carbons (Fsp3) is 0.286. The number of ether oxygens (including phenoxy) is 1. The molecular formula is C14H15N3O3S. The molecule has 0 unspecified atom stereocenters. The van der Waals surface area contributed by atoms with E-state index in [1.165, 1.54) is 18.9 Å². The number of phenolic OH excluding ortho intramolecular Hbond substituents is 1. The van der Waals surface area contributed by atoms with E-state index in [9.17, 15) is 9.90 Å². The number of amides is 1. The number of H-pyrrole nitrogens is 1. The third-order valence-electron chi connectivity index (χ3n) is 3.40. The third-order valence-corrected chi connectivity index (χ3v) is 4.67. The van der Waals surface area contributed by atoms with Crippen LogP contribution in [-0.4, -0.2) is 34.1 Å². The number of carbonyl (C=O) groups is 1. The summed E-state index contributed by atoms with van der Waals surface area (Å²) < 4.78 is 5.07. The molecule has 1 aliphatic heterocycles. The molecule has 110 valence electrons. The van der Waals surface area contributed by atoms with Gasteiger partial charge < -0.3 is 15.2 Å². The Bertz CT molecular complexity index is 699. The van der Waals surface area contributed by atoms with Gasteiger partial charge in [-0.3, -0.25) is 9.89 Å². The smallest absolute Gasteiger partial charge is 0.235 e. The lowest BCUT2D eigenvalue weighted by molar-refractivity contribution is -0.113. The Balaban J connectivity index is 2.07. The standard InChI is InChI=1S/C14H15N3O3S/c1-7-12-13(8-3-4-10(20-2)9(18)5-8)21-6-11(19)15-14(12)17-16-7/h3-5,13,18H,6H2,1-2H3,(H2,15,16,17,19)/t13-/m1/s1. The van der Waals surface area contributed by atoms with Gasteiger partial charge in [0.1, 0.15) is 0 Å². The second kappa shape index (κ2) is 5.33. The molecule has 0 spiro atoms. The van der Waals surface area contributed by atoms with E-state index in [0.717, 1.165) is 16.8 Å². The molecule has 0 bridgehead atoms. The topological polar surface area (TPSA) is 87.2 Å².